The lowest BCUT2D eigenvalue weighted by atomic mass is 10.2. The summed E-state index contributed by atoms with van der Waals surface area (Å²) in [4.78, 5) is 56.5. The minimum atomic E-state index is -0.347. The van der Waals surface area contributed by atoms with Gasteiger partial charge < -0.3 is 23.7 Å². The summed E-state index contributed by atoms with van der Waals surface area (Å²) in [5.74, 6) is 0.691. The Morgan fingerprint density at radius 2 is 1.24 bits per heavy atom. The number of halogens is 13. The largest absolute Gasteiger partial charge is 0.452 e. The van der Waals surface area contributed by atoms with E-state index in [0.29, 0.717) is 68.3 Å². The van der Waals surface area contributed by atoms with Crippen LogP contribution < -0.4 is 0 Å². The summed E-state index contributed by atoms with van der Waals surface area (Å²) >= 11 is 41.6. The van der Waals surface area contributed by atoms with Gasteiger partial charge in [0, 0.05) is 25.7 Å². The number of allylic oxidation sites excluding steroid dienone is 5. The zero-order valence-electron chi connectivity index (χ0n) is 28.0. The second-order valence-corrected chi connectivity index (χ2v) is 23.8. The maximum absolute atomic E-state index is 11.1. The molecule has 23 heteroatoms. The highest BCUT2D eigenvalue weighted by molar-refractivity contribution is 9.28. The SMILES string of the molecule is C/C=C1\OC(=O)C(CBr)=C1Br.CC1=C(Br)/C(=C/Br)OC1=O.CC1=C(Br)C(C(C)Br)OC1=O.O=C1OC(=C(Br)Br)C=C1C(Br)Br.O=C1OC(=C(Br)Br)C=C1CBr. The number of ether oxygens (including phenoxy) is 5. The minimum Gasteiger partial charge on any atom is -0.452 e. The monoisotopic (exact) mass is 1590 g/mol. The van der Waals surface area contributed by atoms with Crippen LogP contribution in [0.15, 0.2) is 94.3 Å². The molecule has 5 rings (SSSR count). The van der Waals surface area contributed by atoms with Gasteiger partial charge in [-0.25, -0.2) is 24.0 Å². The van der Waals surface area contributed by atoms with Crippen LogP contribution in [-0.4, -0.2) is 55.2 Å². The quantitative estimate of drug-likeness (QED) is 0.152. The number of esters is 5. The highest BCUT2D eigenvalue weighted by Crippen LogP contribution is 2.34. The molecule has 0 amide bonds. The van der Waals surface area contributed by atoms with Crippen molar-refractivity contribution in [1.82, 2.24) is 0 Å². The second kappa shape index (κ2) is 26.6. The van der Waals surface area contributed by atoms with Crippen LogP contribution in [0.1, 0.15) is 27.7 Å². The molecule has 5 aliphatic rings. The summed E-state index contributed by atoms with van der Waals surface area (Å²) < 4.78 is 27.9. The minimum absolute atomic E-state index is 0.150. The maximum Gasteiger partial charge on any atom is 0.341 e. The molecule has 0 aromatic carbocycles. The molecule has 0 spiro atoms. The zero-order chi connectivity index (χ0) is 42.5. The van der Waals surface area contributed by atoms with Crippen molar-refractivity contribution in [2.75, 3.05) is 10.7 Å². The lowest BCUT2D eigenvalue weighted by Crippen LogP contribution is -2.18. The fraction of sp³-hybridized carbons (Fsp3) is 0.281. The lowest BCUT2D eigenvalue weighted by Gasteiger charge is -2.12. The van der Waals surface area contributed by atoms with Crippen LogP contribution in [-0.2, 0) is 47.7 Å². The Morgan fingerprint density at radius 3 is 1.47 bits per heavy atom. The lowest BCUT2D eigenvalue weighted by molar-refractivity contribution is -0.139. The smallest absolute Gasteiger partial charge is 0.341 e. The molecule has 0 saturated carbocycles. The average molecular weight is 1610 g/mol. The Hall–Kier alpha value is 1.25. The molecule has 0 fully saturated rings. The Labute approximate surface area is 425 Å². The molecule has 2 unspecified atom stereocenters. The Balaban J connectivity index is 0.000000344. The molecule has 2 atom stereocenters. The van der Waals surface area contributed by atoms with Gasteiger partial charge in [-0.3, -0.25) is 0 Å². The molecular weight excluding hydrogens is 1580 g/mol. The van der Waals surface area contributed by atoms with Gasteiger partial charge in [-0.15, -0.1) is 0 Å². The third-order valence-electron chi connectivity index (χ3n) is 6.29. The summed E-state index contributed by atoms with van der Waals surface area (Å²) in [6.45, 7) is 7.22. The van der Waals surface area contributed by atoms with Crippen molar-refractivity contribution in [2.45, 2.75) is 42.4 Å². The first kappa shape index (κ1) is 54.3. The van der Waals surface area contributed by atoms with Gasteiger partial charge in [0.2, 0.25) is 0 Å². The van der Waals surface area contributed by atoms with Gasteiger partial charge in [0.1, 0.15) is 22.4 Å². The molecular formula is C32H23Br13O10. The van der Waals surface area contributed by atoms with Crippen molar-refractivity contribution in [3.63, 3.8) is 0 Å². The average Bonchev–Trinajstić information content (AvgIpc) is 3.91. The number of cyclic esters (lactones) is 5. The predicted octanol–water partition coefficient (Wildman–Crippen LogP) is 13.7. The molecule has 0 aromatic rings. The van der Waals surface area contributed by atoms with Crippen molar-refractivity contribution in [1.29, 1.82) is 0 Å². The van der Waals surface area contributed by atoms with Gasteiger partial charge in [0.15, 0.2) is 17.3 Å². The van der Waals surface area contributed by atoms with Crippen LogP contribution in [0.25, 0.3) is 0 Å². The summed E-state index contributed by atoms with van der Waals surface area (Å²) in [7, 11) is 0. The third-order valence-corrected chi connectivity index (χ3v) is 13.8. The van der Waals surface area contributed by atoms with Gasteiger partial charge in [-0.1, -0.05) is 112 Å². The summed E-state index contributed by atoms with van der Waals surface area (Å²) in [6.07, 6.45) is 4.92. The molecule has 302 valence electrons. The first-order chi connectivity index (χ1) is 25.6. The van der Waals surface area contributed by atoms with E-state index in [2.05, 4.69) is 207 Å². The molecule has 55 heavy (non-hydrogen) atoms. The zero-order valence-corrected chi connectivity index (χ0v) is 48.6. The second-order valence-electron chi connectivity index (χ2n) is 9.98. The van der Waals surface area contributed by atoms with Crippen molar-refractivity contribution in [3.05, 3.63) is 94.3 Å². The van der Waals surface area contributed by atoms with Gasteiger partial charge in [0.05, 0.1) is 36.1 Å². The van der Waals surface area contributed by atoms with Crippen LogP contribution in [0.2, 0.25) is 0 Å². The van der Waals surface area contributed by atoms with Gasteiger partial charge in [-0.05, 0) is 142 Å². The number of hydrogen-bond acceptors (Lipinski definition) is 10. The van der Waals surface area contributed by atoms with Crippen molar-refractivity contribution >= 4 is 237 Å². The molecule has 0 radical (unpaired) electrons. The summed E-state index contributed by atoms with van der Waals surface area (Å²) in [6, 6.07) is 0. The number of carbonyl (C=O) groups is 5. The van der Waals surface area contributed by atoms with Crippen LogP contribution >= 0.6 is 207 Å². The van der Waals surface area contributed by atoms with Crippen LogP contribution in [0.3, 0.4) is 0 Å². The molecule has 0 N–H and O–H groups in total. The van der Waals surface area contributed by atoms with Crippen LogP contribution in [0.4, 0.5) is 0 Å². The molecule has 0 aliphatic carbocycles. The highest BCUT2D eigenvalue weighted by Gasteiger charge is 2.33. The van der Waals surface area contributed by atoms with E-state index in [1.807, 2.05) is 13.8 Å². The van der Waals surface area contributed by atoms with E-state index in [9.17, 15) is 24.0 Å². The fourth-order valence-corrected chi connectivity index (χ4v) is 9.08. The number of alkyl halides is 5. The fourth-order valence-electron chi connectivity index (χ4n) is 3.40. The summed E-state index contributed by atoms with van der Waals surface area (Å²) in [5.41, 5.74) is 3.07. The summed E-state index contributed by atoms with van der Waals surface area (Å²) in [5, 5.41) is 1.03. The molecule has 0 bridgehead atoms. The van der Waals surface area contributed by atoms with E-state index in [4.69, 9.17) is 23.7 Å². The van der Waals surface area contributed by atoms with Crippen molar-refractivity contribution in [3.8, 4) is 0 Å². The maximum atomic E-state index is 11.1. The molecule has 5 aliphatic heterocycles. The Kier molecular flexibility index (Phi) is 26.2. The third kappa shape index (κ3) is 16.6. The highest BCUT2D eigenvalue weighted by atomic mass is 79.9. The van der Waals surface area contributed by atoms with E-state index >= 15 is 0 Å². The Morgan fingerprint density at radius 1 is 0.709 bits per heavy atom. The molecule has 5 heterocycles. The van der Waals surface area contributed by atoms with Crippen LogP contribution in [0, 0.1) is 0 Å². The van der Waals surface area contributed by atoms with Crippen molar-refractivity contribution < 1.29 is 47.7 Å². The van der Waals surface area contributed by atoms with Crippen molar-refractivity contribution in [2.24, 2.45) is 0 Å². The normalized spacial score (nSPS) is 20.7. The number of rotatable bonds is 4. The Bertz CT molecular complexity index is 1860. The van der Waals surface area contributed by atoms with E-state index in [0.717, 1.165) is 13.4 Å². The topological polar surface area (TPSA) is 132 Å². The molecule has 0 aromatic heterocycles. The van der Waals surface area contributed by atoms with Gasteiger partial charge >= 0.3 is 29.8 Å². The molecule has 0 saturated heterocycles. The van der Waals surface area contributed by atoms with E-state index in [1.165, 1.54) is 0 Å². The number of hydrogen-bond donors (Lipinski definition) is 0. The van der Waals surface area contributed by atoms with E-state index < -0.39 is 0 Å². The van der Waals surface area contributed by atoms with Gasteiger partial charge in [0.25, 0.3) is 0 Å². The van der Waals surface area contributed by atoms with E-state index in [-0.39, 0.29) is 44.5 Å². The van der Waals surface area contributed by atoms with Crippen LogP contribution in [0.5, 0.6) is 0 Å². The van der Waals surface area contributed by atoms with Gasteiger partial charge in [-0.2, -0.15) is 0 Å². The first-order valence-electron chi connectivity index (χ1n) is 14.3. The predicted molar refractivity (Wildman–Crippen MR) is 258 cm³/mol. The molecule has 10 nitrogen and oxygen atoms in total. The number of carbonyl (C=O) groups excluding carboxylic acids is 5. The van der Waals surface area contributed by atoms with E-state index in [1.54, 1.807) is 37.1 Å². The standard InChI is InChI=1S/C7H8Br2O2.C7H6Br2O2.C6H2Br4O2.C6H3Br3O2.C6H4Br2O2/c1-3-5(9)6(4(2)8)11-7(3)10;1-2-5-6(9)4(3-8)7(10)11-5;7-4(8)2-1-3(5(9)10)12-6(2)11;7-2-3-1-4(5(8)9)11-6(3)10;1-3-5(8)4(2-7)10-6(3)9/h4,6H,1-2H3;2H,3H2,1H3;1,4H;1H,2H2;2H,1H3/b;5-2-;;;4-2-. The first-order valence-corrected chi connectivity index (χ1v) is 25.8.